The van der Waals surface area contributed by atoms with E-state index in [1.54, 1.807) is 11.0 Å². The van der Waals surface area contributed by atoms with Crippen LogP contribution in [0, 0.1) is 5.92 Å². The van der Waals surface area contributed by atoms with Crippen LogP contribution in [0.5, 0.6) is 0 Å². The molecule has 0 saturated carbocycles. The molecule has 1 aromatic rings. The Labute approximate surface area is 161 Å². The van der Waals surface area contributed by atoms with Crippen molar-refractivity contribution in [2.24, 2.45) is 5.92 Å². The number of carbonyl (C=O) groups is 2. The molecule has 1 saturated heterocycles. The van der Waals surface area contributed by atoms with Crippen molar-refractivity contribution in [3.8, 4) is 0 Å². The third-order valence-electron chi connectivity index (χ3n) is 5.68. The minimum atomic E-state index is -1.01. The molecule has 146 valence electrons. The summed E-state index contributed by atoms with van der Waals surface area (Å²) in [5.74, 6) is 0.672. The summed E-state index contributed by atoms with van der Waals surface area (Å²) < 4.78 is 11.5. The molecule has 5 nitrogen and oxygen atoms in total. The summed E-state index contributed by atoms with van der Waals surface area (Å²) in [4.78, 5) is 28.4. The molecule has 27 heavy (non-hydrogen) atoms. The normalized spacial score (nSPS) is 24.0. The molecule has 0 N–H and O–H groups in total. The molecule has 1 aromatic carbocycles. The molecular weight excluding hydrogens is 342 g/mol. The Morgan fingerprint density at radius 2 is 2.00 bits per heavy atom. The van der Waals surface area contributed by atoms with E-state index in [1.165, 1.54) is 13.2 Å². The molecule has 5 heteroatoms. The fraction of sp³-hybridized carbons (Fsp3) is 0.545. The number of rotatable bonds is 5. The van der Waals surface area contributed by atoms with Crippen molar-refractivity contribution < 1.29 is 19.1 Å². The Morgan fingerprint density at radius 1 is 1.30 bits per heavy atom. The van der Waals surface area contributed by atoms with Crippen LogP contribution in [0.25, 0.3) is 0 Å². The van der Waals surface area contributed by atoms with Gasteiger partial charge in [-0.3, -0.25) is 9.59 Å². The van der Waals surface area contributed by atoms with Crippen molar-refractivity contribution in [3.63, 3.8) is 0 Å². The number of ketones is 1. The SMILES string of the molecule is COC1=CC(=O)c2ccccc2C1(CCC(C)C)C(=O)N1CCOC1(C)C. The smallest absolute Gasteiger partial charge is 0.243 e. The third-order valence-corrected chi connectivity index (χ3v) is 5.68. The molecule has 1 aliphatic heterocycles. The van der Waals surface area contributed by atoms with E-state index in [4.69, 9.17) is 9.47 Å². The first-order valence-electron chi connectivity index (χ1n) is 9.60. The van der Waals surface area contributed by atoms with Crippen molar-refractivity contribution in [3.05, 3.63) is 47.2 Å². The lowest BCUT2D eigenvalue weighted by Crippen LogP contribution is -2.55. The summed E-state index contributed by atoms with van der Waals surface area (Å²) in [6, 6.07) is 7.40. The maximum absolute atomic E-state index is 14.0. The van der Waals surface area contributed by atoms with Crippen LogP contribution in [0.15, 0.2) is 36.1 Å². The summed E-state index contributed by atoms with van der Waals surface area (Å²) >= 11 is 0. The number of fused-ring (bicyclic) bond motifs is 1. The van der Waals surface area contributed by atoms with Crippen LogP contribution >= 0.6 is 0 Å². The molecule has 2 aliphatic rings. The van der Waals surface area contributed by atoms with Crippen LogP contribution in [0.2, 0.25) is 0 Å². The molecule has 0 aromatic heterocycles. The van der Waals surface area contributed by atoms with Gasteiger partial charge in [-0.15, -0.1) is 0 Å². The van der Waals surface area contributed by atoms with Gasteiger partial charge in [0.25, 0.3) is 0 Å². The Bertz CT molecular complexity index is 780. The van der Waals surface area contributed by atoms with Crippen LogP contribution in [0.4, 0.5) is 0 Å². The van der Waals surface area contributed by atoms with Crippen LogP contribution in [-0.4, -0.2) is 42.6 Å². The second-order valence-electron chi connectivity index (χ2n) is 8.21. The van der Waals surface area contributed by atoms with Crippen molar-refractivity contribution in [1.82, 2.24) is 4.90 Å². The lowest BCUT2D eigenvalue weighted by Gasteiger charge is -2.43. The van der Waals surface area contributed by atoms with E-state index in [9.17, 15) is 9.59 Å². The monoisotopic (exact) mass is 371 g/mol. The summed E-state index contributed by atoms with van der Waals surface area (Å²) in [6.07, 6.45) is 2.91. The van der Waals surface area contributed by atoms with Crippen LogP contribution in [0.1, 0.15) is 56.5 Å². The molecule has 3 rings (SSSR count). The largest absolute Gasteiger partial charge is 0.499 e. The molecule has 1 amide bonds. The zero-order valence-corrected chi connectivity index (χ0v) is 16.9. The standard InChI is InChI=1S/C22H29NO4/c1-15(2)10-11-22(20(25)23-12-13-27-21(23,3)4)17-9-7-6-8-16(17)18(24)14-19(22)26-5/h6-9,14-15H,10-13H2,1-5H3. The number of carbonyl (C=O) groups excluding carboxylic acids is 2. The predicted octanol–water partition coefficient (Wildman–Crippen LogP) is 3.68. The van der Waals surface area contributed by atoms with Gasteiger partial charge in [-0.2, -0.15) is 0 Å². The van der Waals surface area contributed by atoms with E-state index < -0.39 is 11.1 Å². The van der Waals surface area contributed by atoms with Gasteiger partial charge in [-0.05, 0) is 38.2 Å². The quantitative estimate of drug-likeness (QED) is 0.792. The lowest BCUT2D eigenvalue weighted by atomic mass is 9.67. The van der Waals surface area contributed by atoms with Gasteiger partial charge in [0.2, 0.25) is 5.91 Å². The van der Waals surface area contributed by atoms with Crippen molar-refractivity contribution in [2.75, 3.05) is 20.3 Å². The van der Waals surface area contributed by atoms with E-state index in [1.807, 2.05) is 32.0 Å². The van der Waals surface area contributed by atoms with E-state index in [0.29, 0.717) is 36.8 Å². The Morgan fingerprint density at radius 3 is 2.59 bits per heavy atom. The maximum atomic E-state index is 14.0. The van der Waals surface area contributed by atoms with E-state index in [-0.39, 0.29) is 11.7 Å². The fourth-order valence-corrected chi connectivity index (χ4v) is 4.16. The molecule has 1 atom stereocenters. The number of benzene rings is 1. The average Bonchev–Trinajstić information content (AvgIpc) is 2.99. The van der Waals surface area contributed by atoms with Gasteiger partial charge in [-0.1, -0.05) is 38.1 Å². The summed E-state index contributed by atoms with van der Waals surface area (Å²) in [5, 5.41) is 0. The molecule has 1 heterocycles. The maximum Gasteiger partial charge on any atom is 0.243 e. The molecule has 0 radical (unpaired) electrons. The second-order valence-corrected chi connectivity index (χ2v) is 8.21. The molecule has 1 aliphatic carbocycles. The Hall–Kier alpha value is -2.14. The van der Waals surface area contributed by atoms with Gasteiger partial charge in [0.1, 0.15) is 16.9 Å². The van der Waals surface area contributed by atoms with Gasteiger partial charge in [-0.25, -0.2) is 0 Å². The minimum Gasteiger partial charge on any atom is -0.499 e. The first-order chi connectivity index (χ1) is 12.7. The number of nitrogens with zero attached hydrogens (tertiary/aromatic N) is 1. The average molecular weight is 371 g/mol. The Kier molecular flexibility index (Phi) is 5.17. The zero-order chi connectivity index (χ0) is 19.8. The van der Waals surface area contributed by atoms with Crippen LogP contribution in [-0.2, 0) is 19.7 Å². The summed E-state index contributed by atoms with van der Waals surface area (Å²) in [7, 11) is 1.54. The second kappa shape index (κ2) is 7.12. The van der Waals surface area contributed by atoms with Crippen molar-refractivity contribution in [2.45, 2.75) is 51.7 Å². The number of allylic oxidation sites excluding steroid dienone is 1. The number of ether oxygens (including phenoxy) is 2. The predicted molar refractivity (Wildman–Crippen MR) is 103 cm³/mol. The van der Waals surface area contributed by atoms with Gasteiger partial charge < -0.3 is 14.4 Å². The van der Waals surface area contributed by atoms with Gasteiger partial charge in [0.05, 0.1) is 13.7 Å². The fourth-order valence-electron chi connectivity index (χ4n) is 4.16. The molecule has 0 bridgehead atoms. The van der Waals surface area contributed by atoms with Crippen molar-refractivity contribution in [1.29, 1.82) is 0 Å². The first kappa shape index (κ1) is 19.6. The molecule has 1 fully saturated rings. The van der Waals surface area contributed by atoms with Gasteiger partial charge in [0.15, 0.2) is 5.78 Å². The molecule has 0 spiro atoms. The third kappa shape index (κ3) is 3.18. The molecular formula is C22H29NO4. The molecule has 1 unspecified atom stereocenters. The van der Waals surface area contributed by atoms with Gasteiger partial charge in [0, 0.05) is 18.2 Å². The summed E-state index contributed by atoms with van der Waals surface area (Å²) in [5.41, 5.74) is -0.373. The van der Waals surface area contributed by atoms with E-state index in [0.717, 1.165) is 12.0 Å². The highest BCUT2D eigenvalue weighted by molar-refractivity contribution is 6.11. The number of hydrogen-bond acceptors (Lipinski definition) is 4. The van der Waals surface area contributed by atoms with Crippen LogP contribution in [0.3, 0.4) is 0 Å². The number of hydrogen-bond donors (Lipinski definition) is 0. The highest BCUT2D eigenvalue weighted by Gasteiger charge is 2.54. The van der Waals surface area contributed by atoms with E-state index >= 15 is 0 Å². The highest BCUT2D eigenvalue weighted by Crippen LogP contribution is 2.46. The topological polar surface area (TPSA) is 55.8 Å². The van der Waals surface area contributed by atoms with Crippen LogP contribution < -0.4 is 0 Å². The minimum absolute atomic E-state index is 0.0568. The first-order valence-corrected chi connectivity index (χ1v) is 9.60. The summed E-state index contributed by atoms with van der Waals surface area (Å²) in [6.45, 7) is 9.12. The zero-order valence-electron chi connectivity index (χ0n) is 16.9. The van der Waals surface area contributed by atoms with Gasteiger partial charge >= 0.3 is 0 Å². The van der Waals surface area contributed by atoms with Crippen molar-refractivity contribution >= 4 is 11.7 Å². The van der Waals surface area contributed by atoms with E-state index in [2.05, 4.69) is 13.8 Å². The Balaban J connectivity index is 2.21. The highest BCUT2D eigenvalue weighted by atomic mass is 16.5. The lowest BCUT2D eigenvalue weighted by molar-refractivity contribution is -0.150. The number of methoxy groups -OCH3 is 1. The number of amides is 1.